The molecule has 2 aliphatic heterocycles. The van der Waals surface area contributed by atoms with Gasteiger partial charge in [-0.15, -0.1) is 0 Å². The number of hydrogen-bond acceptors (Lipinski definition) is 12. The molecular weight excluding hydrogens is 944 g/mol. The Labute approximate surface area is 398 Å². The second-order valence-electron chi connectivity index (χ2n) is 18.9. The topological polar surface area (TPSA) is 186 Å². The molecule has 1 amide bonds. The number of anilines is 2. The van der Waals surface area contributed by atoms with E-state index in [1.165, 1.54) is 33.9 Å². The van der Waals surface area contributed by atoms with Crippen LogP contribution in [-0.2, 0) is 10.0 Å². The van der Waals surface area contributed by atoms with E-state index >= 15 is 0 Å². The van der Waals surface area contributed by atoms with Crippen molar-refractivity contribution in [3.63, 3.8) is 0 Å². The van der Waals surface area contributed by atoms with E-state index in [4.69, 9.17) is 16.3 Å². The van der Waals surface area contributed by atoms with E-state index in [-0.39, 0.29) is 53.6 Å². The Morgan fingerprint density at radius 3 is 2.44 bits per heavy atom. The minimum atomic E-state index is -4.79. The van der Waals surface area contributed by atoms with Crippen LogP contribution in [0.2, 0.25) is 5.02 Å². The number of H-pyrrole nitrogens is 1. The van der Waals surface area contributed by atoms with Crippen LogP contribution in [0.15, 0.2) is 95.7 Å². The van der Waals surface area contributed by atoms with Gasteiger partial charge in [0.1, 0.15) is 17.1 Å². The molecule has 1 unspecified atom stereocenters. The molecular formula is C47H55ClF3N8O7PS. The largest absolute Gasteiger partial charge is 0.455 e. The zero-order valence-corrected chi connectivity index (χ0v) is 40.5. The number of nitrogens with zero attached hydrogens (tertiary/aromatic N) is 5. The minimum absolute atomic E-state index is 0.0147. The number of alkyl halides is 3. The Balaban J connectivity index is 0.996. The van der Waals surface area contributed by atoms with Gasteiger partial charge >= 0.3 is 159 Å². The number of aromatic nitrogens is 2. The molecule has 364 valence electrons. The number of pyridine rings is 1. The summed E-state index contributed by atoms with van der Waals surface area (Å²) in [4.78, 5) is 48.2. The molecule has 2 aromatic heterocycles. The summed E-state index contributed by atoms with van der Waals surface area (Å²) in [6.07, 6.45) is 2.06. The number of allylic oxidation sites excluding steroid dienone is 1. The number of sulfonamides is 1. The molecule has 0 spiro atoms. The summed E-state index contributed by atoms with van der Waals surface area (Å²) in [6.45, 7) is 9.26. The van der Waals surface area contributed by atoms with Gasteiger partial charge in [0.05, 0.1) is 11.8 Å². The number of rotatable bonds is 14. The maximum atomic E-state index is 14.2. The molecule has 1 aliphatic carbocycles. The number of nitro benzene ring substituents is 1. The molecule has 3 aliphatic rings. The number of hydrogen-bond donors (Lipinski definition) is 4. The van der Waals surface area contributed by atoms with Crippen LogP contribution in [-0.4, -0.2) is 127 Å². The summed E-state index contributed by atoms with van der Waals surface area (Å²) in [5.41, 5.74) is 4.22. The monoisotopic (exact) mass is 998 g/mol. The van der Waals surface area contributed by atoms with E-state index in [1.807, 2.05) is 16.9 Å². The second kappa shape index (κ2) is 19.6. The molecule has 0 saturated carbocycles. The average Bonchev–Trinajstić information content (AvgIpc) is 3.75. The van der Waals surface area contributed by atoms with E-state index in [1.54, 1.807) is 37.1 Å². The Bertz CT molecular complexity index is 2830. The predicted molar refractivity (Wildman–Crippen MR) is 261 cm³/mol. The number of fused-ring (bicyclic) bond motifs is 1. The molecule has 1 atom stereocenters. The molecule has 0 bridgehead atoms. The van der Waals surface area contributed by atoms with Crippen molar-refractivity contribution in [2.45, 2.75) is 50.2 Å². The normalized spacial score (nSPS) is 19.1. The van der Waals surface area contributed by atoms with E-state index < -0.39 is 57.7 Å². The maximum absolute atomic E-state index is 14.2. The third-order valence-corrected chi connectivity index (χ3v) is 17.4. The Hall–Kier alpha value is -5.30. The number of nitrogens with one attached hydrogen (secondary N) is 3. The van der Waals surface area contributed by atoms with Crippen molar-refractivity contribution in [3.8, 4) is 11.5 Å². The molecule has 15 nitrogen and oxygen atoms in total. The number of aromatic amines is 1. The van der Waals surface area contributed by atoms with Gasteiger partial charge in [0, 0.05) is 61.1 Å². The number of nitro groups is 1. The molecule has 2 fully saturated rings. The van der Waals surface area contributed by atoms with E-state index in [0.717, 1.165) is 62.1 Å². The fourth-order valence-corrected chi connectivity index (χ4v) is 12.1. The Kier molecular flexibility index (Phi) is 14.2. The first-order valence-electron chi connectivity index (χ1n) is 22.4. The van der Waals surface area contributed by atoms with Crippen LogP contribution in [0.3, 0.4) is 0 Å². The summed E-state index contributed by atoms with van der Waals surface area (Å²) in [5.74, 6) is -0.785. The zero-order chi connectivity index (χ0) is 48.6. The molecule has 2 saturated heterocycles. The predicted octanol–water partition coefficient (Wildman–Crippen LogP) is 8.77. The molecule has 0 radical (unpaired) electrons. The van der Waals surface area contributed by atoms with Gasteiger partial charge in [0.2, 0.25) is 0 Å². The van der Waals surface area contributed by atoms with Crippen LogP contribution >= 0.6 is 19.1 Å². The second-order valence-corrected chi connectivity index (χ2v) is 25.0. The fraction of sp³-hybridized carbons (Fsp3) is 0.404. The first-order valence-corrected chi connectivity index (χ1v) is 27.2. The minimum Gasteiger partial charge on any atom is -0.455 e. The number of carbonyl (C=O) groups excluding carboxylic acids is 1. The summed E-state index contributed by atoms with van der Waals surface area (Å²) in [5, 5.41) is 16.1. The van der Waals surface area contributed by atoms with Crippen molar-refractivity contribution < 1.29 is 40.9 Å². The SMILES string of the molecule is CC1(C)CCC(CN2CCN(c3ccc(C(=O)NS(=O)(=O)c4ccc(NCC(N5CC[PH](C)(O)CC5)C(F)(F)F)c([N+](=O)[O-])c4)c(Oc4cnc5[nH]ccc5c4)c3)CC2)=C(c2ccc(Cl)cc2)C1. The molecule has 8 rings (SSSR count). The third-order valence-electron chi connectivity index (χ3n) is 13.2. The third kappa shape index (κ3) is 11.6. The van der Waals surface area contributed by atoms with Crippen LogP contribution in [0.5, 0.6) is 11.5 Å². The van der Waals surface area contributed by atoms with Gasteiger partial charge in [0.25, 0.3) is 5.91 Å². The summed E-state index contributed by atoms with van der Waals surface area (Å²) in [6, 6.07) is 17.0. The number of piperazine rings is 1. The van der Waals surface area contributed by atoms with Gasteiger partial charge in [-0.25, -0.2) is 4.98 Å². The summed E-state index contributed by atoms with van der Waals surface area (Å²) < 4.78 is 78.4. The zero-order valence-electron chi connectivity index (χ0n) is 37.9. The van der Waals surface area contributed by atoms with Gasteiger partial charge in [0.15, 0.2) is 0 Å². The standard InChI is InChI=1S/C47H55ClF3N8O7PS/c1-46(2)14-12-33(39(27-46)31-4-6-34(48)7-5-31)30-56-16-18-57(19-17-56)35-8-10-38(42(25-35)66-36-24-32-13-15-52-44(32)54-28-36)45(60)55-68(64,65)37-9-11-40(41(26-37)59(61)62)53-29-43(47(49,50)51)58-20-22-67(3,63)23-21-58/h4-11,13,15,24-26,28,43,53,63,67H,12,14,16-23,27,29-30H2,1-3H3,(H,52,54)(H,55,60). The van der Waals surface area contributed by atoms with Crippen molar-refractivity contribution >= 4 is 68.7 Å². The summed E-state index contributed by atoms with van der Waals surface area (Å²) in [7, 11) is -7.38. The van der Waals surface area contributed by atoms with Crippen LogP contribution in [0.25, 0.3) is 16.6 Å². The Morgan fingerprint density at radius 2 is 1.75 bits per heavy atom. The van der Waals surface area contributed by atoms with Crippen molar-refractivity contribution in [2.75, 3.05) is 81.6 Å². The first kappa shape index (κ1) is 49.1. The maximum Gasteiger partial charge on any atom is 0.146 e. The van der Waals surface area contributed by atoms with Crippen LogP contribution < -0.4 is 19.7 Å². The average molecular weight is 999 g/mol. The van der Waals surface area contributed by atoms with Gasteiger partial charge < -0.3 is 14.6 Å². The molecule has 5 aromatic rings. The van der Waals surface area contributed by atoms with Crippen molar-refractivity contribution in [1.29, 1.82) is 0 Å². The Morgan fingerprint density at radius 1 is 1.03 bits per heavy atom. The number of ether oxygens (including phenoxy) is 1. The van der Waals surface area contributed by atoms with Gasteiger partial charge in [-0.05, 0) is 72.2 Å². The van der Waals surface area contributed by atoms with Gasteiger partial charge in [-0.2, -0.15) is 0 Å². The molecule has 3 aromatic carbocycles. The number of carbonyl (C=O) groups is 1. The smallest absolute Gasteiger partial charge is 0.146 e. The first-order chi connectivity index (χ1) is 32.1. The van der Waals surface area contributed by atoms with Crippen molar-refractivity contribution in [3.05, 3.63) is 117 Å². The van der Waals surface area contributed by atoms with Crippen molar-refractivity contribution in [2.24, 2.45) is 5.41 Å². The summed E-state index contributed by atoms with van der Waals surface area (Å²) >= 11 is 6.23. The van der Waals surface area contributed by atoms with Crippen LogP contribution in [0, 0.1) is 15.5 Å². The molecule has 21 heteroatoms. The molecule has 4 heterocycles. The molecule has 68 heavy (non-hydrogen) atoms. The number of benzene rings is 3. The van der Waals surface area contributed by atoms with Crippen LogP contribution in [0.4, 0.5) is 30.2 Å². The van der Waals surface area contributed by atoms with Gasteiger partial charge in [-0.3, -0.25) is 9.69 Å². The van der Waals surface area contributed by atoms with Crippen LogP contribution in [0.1, 0.15) is 49.0 Å². The fourth-order valence-electron chi connectivity index (χ4n) is 9.17. The van der Waals surface area contributed by atoms with E-state index in [9.17, 15) is 41.4 Å². The van der Waals surface area contributed by atoms with Gasteiger partial charge in [-0.1, -0.05) is 43.2 Å². The molecule has 4 N–H and O–H groups in total. The number of amides is 1. The van der Waals surface area contributed by atoms with E-state index in [0.29, 0.717) is 29.8 Å². The quantitative estimate of drug-likeness (QED) is 0.0472. The van der Waals surface area contributed by atoms with E-state index in [2.05, 4.69) is 51.1 Å². The number of halogens is 4. The van der Waals surface area contributed by atoms with Crippen molar-refractivity contribution in [1.82, 2.24) is 24.5 Å².